The Bertz CT molecular complexity index is 888. The Labute approximate surface area is 174 Å². The minimum absolute atomic E-state index is 0.796. The standard InChI is InChI=1S/C21H24N4OS2/c1-16-3-5-17(6-4-16)15-20-22-21(27-23-20)24-11-13-25(14-12-24)28-19-9-7-18(26-2)8-10-19/h3-10H,11-15H2,1-2H3. The van der Waals surface area contributed by atoms with Crippen LogP contribution in [0.5, 0.6) is 5.75 Å². The lowest BCUT2D eigenvalue weighted by atomic mass is 10.1. The van der Waals surface area contributed by atoms with Crippen LogP contribution in [0.15, 0.2) is 53.4 Å². The van der Waals surface area contributed by atoms with Crippen molar-refractivity contribution in [3.63, 3.8) is 0 Å². The highest BCUT2D eigenvalue weighted by Crippen LogP contribution is 2.27. The van der Waals surface area contributed by atoms with Crippen molar-refractivity contribution in [2.24, 2.45) is 0 Å². The van der Waals surface area contributed by atoms with Crippen LogP contribution >= 0.6 is 23.5 Å². The van der Waals surface area contributed by atoms with Gasteiger partial charge in [0.05, 0.1) is 7.11 Å². The van der Waals surface area contributed by atoms with Gasteiger partial charge < -0.3 is 9.64 Å². The average molecular weight is 413 g/mol. The van der Waals surface area contributed by atoms with Crippen molar-refractivity contribution in [3.05, 3.63) is 65.5 Å². The van der Waals surface area contributed by atoms with Gasteiger partial charge in [-0.2, -0.15) is 4.37 Å². The number of ether oxygens (including phenoxy) is 1. The van der Waals surface area contributed by atoms with E-state index in [-0.39, 0.29) is 0 Å². The summed E-state index contributed by atoms with van der Waals surface area (Å²) in [5, 5.41) is 1.04. The second kappa shape index (κ2) is 8.94. The number of hydrogen-bond acceptors (Lipinski definition) is 7. The van der Waals surface area contributed by atoms with E-state index in [1.165, 1.54) is 27.6 Å². The molecule has 28 heavy (non-hydrogen) atoms. The fourth-order valence-corrected chi connectivity index (χ4v) is 4.73. The first-order valence-electron chi connectivity index (χ1n) is 9.39. The molecule has 4 rings (SSSR count). The first kappa shape index (κ1) is 19.2. The molecule has 0 unspecified atom stereocenters. The molecule has 7 heteroatoms. The summed E-state index contributed by atoms with van der Waals surface area (Å²) in [5.74, 6) is 1.81. The van der Waals surface area contributed by atoms with Crippen LogP contribution in [-0.4, -0.2) is 47.0 Å². The smallest absolute Gasteiger partial charge is 0.205 e. The van der Waals surface area contributed by atoms with Crippen LogP contribution in [0.4, 0.5) is 5.13 Å². The third kappa shape index (κ3) is 4.84. The summed E-state index contributed by atoms with van der Waals surface area (Å²) in [7, 11) is 1.70. The molecule has 5 nitrogen and oxygen atoms in total. The fraction of sp³-hybridized carbons (Fsp3) is 0.333. The lowest BCUT2D eigenvalue weighted by Crippen LogP contribution is -2.43. The largest absolute Gasteiger partial charge is 0.497 e. The van der Waals surface area contributed by atoms with E-state index in [1.54, 1.807) is 7.11 Å². The SMILES string of the molecule is COc1ccc(SN2CCN(c3nc(Cc4ccc(C)cc4)ns3)CC2)cc1. The van der Waals surface area contributed by atoms with Crippen molar-refractivity contribution >= 4 is 28.6 Å². The van der Waals surface area contributed by atoms with E-state index >= 15 is 0 Å². The monoisotopic (exact) mass is 412 g/mol. The van der Waals surface area contributed by atoms with Crippen LogP contribution < -0.4 is 9.64 Å². The van der Waals surface area contributed by atoms with Crippen molar-refractivity contribution in [3.8, 4) is 5.75 Å². The highest BCUT2D eigenvalue weighted by atomic mass is 32.2. The third-order valence-electron chi connectivity index (χ3n) is 4.74. The van der Waals surface area contributed by atoms with Crippen molar-refractivity contribution in [2.75, 3.05) is 38.2 Å². The molecule has 146 valence electrons. The van der Waals surface area contributed by atoms with E-state index in [4.69, 9.17) is 9.72 Å². The molecule has 2 heterocycles. The number of benzene rings is 2. The van der Waals surface area contributed by atoms with Gasteiger partial charge >= 0.3 is 0 Å². The Kier molecular flexibility index (Phi) is 6.14. The zero-order valence-electron chi connectivity index (χ0n) is 16.2. The maximum absolute atomic E-state index is 5.23. The van der Waals surface area contributed by atoms with E-state index in [2.05, 4.69) is 56.9 Å². The molecule has 0 radical (unpaired) electrons. The Morgan fingerprint density at radius 3 is 2.39 bits per heavy atom. The van der Waals surface area contributed by atoms with E-state index in [0.717, 1.165) is 49.3 Å². The maximum Gasteiger partial charge on any atom is 0.205 e. The van der Waals surface area contributed by atoms with Gasteiger partial charge in [-0.25, -0.2) is 9.29 Å². The second-order valence-electron chi connectivity index (χ2n) is 6.84. The molecule has 2 aromatic carbocycles. The summed E-state index contributed by atoms with van der Waals surface area (Å²) in [6, 6.07) is 16.8. The number of rotatable bonds is 6. The molecular weight excluding hydrogens is 388 g/mol. The summed E-state index contributed by atoms with van der Waals surface area (Å²) in [6.07, 6.45) is 0.796. The number of aryl methyl sites for hydroxylation is 1. The van der Waals surface area contributed by atoms with Crippen molar-refractivity contribution < 1.29 is 4.74 Å². The Morgan fingerprint density at radius 1 is 1.00 bits per heavy atom. The highest BCUT2D eigenvalue weighted by molar-refractivity contribution is 7.97. The molecule has 1 aromatic heterocycles. The predicted molar refractivity (Wildman–Crippen MR) is 117 cm³/mol. The van der Waals surface area contributed by atoms with Crippen molar-refractivity contribution in [1.82, 2.24) is 13.7 Å². The van der Waals surface area contributed by atoms with E-state index in [9.17, 15) is 0 Å². The molecule has 1 saturated heterocycles. The molecule has 0 atom stereocenters. The Balaban J connectivity index is 1.30. The molecule has 0 amide bonds. The zero-order valence-corrected chi connectivity index (χ0v) is 17.8. The summed E-state index contributed by atoms with van der Waals surface area (Å²) < 4.78 is 12.2. The summed E-state index contributed by atoms with van der Waals surface area (Å²) in [6.45, 7) is 6.06. The van der Waals surface area contributed by atoms with Gasteiger partial charge in [0.25, 0.3) is 0 Å². The molecule has 1 fully saturated rings. The molecule has 0 aliphatic carbocycles. The van der Waals surface area contributed by atoms with Gasteiger partial charge in [0.2, 0.25) is 5.13 Å². The van der Waals surface area contributed by atoms with Crippen LogP contribution in [0, 0.1) is 6.92 Å². The van der Waals surface area contributed by atoms with Gasteiger partial charge in [0.15, 0.2) is 0 Å². The Morgan fingerprint density at radius 2 is 1.71 bits per heavy atom. The van der Waals surface area contributed by atoms with Crippen molar-refractivity contribution in [1.29, 1.82) is 0 Å². The number of nitrogens with zero attached hydrogens (tertiary/aromatic N) is 4. The normalized spacial score (nSPS) is 15.0. The van der Waals surface area contributed by atoms with Gasteiger partial charge in [-0.3, -0.25) is 0 Å². The molecule has 0 bridgehead atoms. The first-order valence-corrected chi connectivity index (χ1v) is 10.9. The first-order chi connectivity index (χ1) is 13.7. The molecule has 0 N–H and O–H groups in total. The van der Waals surface area contributed by atoms with E-state index in [0.29, 0.717) is 0 Å². The number of anilines is 1. The fourth-order valence-electron chi connectivity index (χ4n) is 3.09. The van der Waals surface area contributed by atoms with Crippen LogP contribution in [0.2, 0.25) is 0 Å². The minimum Gasteiger partial charge on any atom is -0.497 e. The number of methoxy groups -OCH3 is 1. The summed E-state index contributed by atoms with van der Waals surface area (Å²) in [5.41, 5.74) is 2.54. The van der Waals surface area contributed by atoms with Crippen LogP contribution in [-0.2, 0) is 6.42 Å². The topological polar surface area (TPSA) is 41.5 Å². The zero-order chi connectivity index (χ0) is 19.3. The summed E-state index contributed by atoms with van der Waals surface area (Å²) >= 11 is 3.32. The minimum atomic E-state index is 0.796. The lowest BCUT2D eigenvalue weighted by molar-refractivity contribution is 0.414. The molecule has 0 saturated carbocycles. The molecule has 3 aromatic rings. The lowest BCUT2D eigenvalue weighted by Gasteiger charge is -2.33. The second-order valence-corrected chi connectivity index (χ2v) is 8.74. The predicted octanol–water partition coefficient (Wildman–Crippen LogP) is 4.28. The quantitative estimate of drug-likeness (QED) is 0.563. The van der Waals surface area contributed by atoms with Gasteiger partial charge in [-0.15, -0.1) is 0 Å². The summed E-state index contributed by atoms with van der Waals surface area (Å²) in [4.78, 5) is 8.36. The number of hydrogen-bond donors (Lipinski definition) is 0. The van der Waals surface area contributed by atoms with Gasteiger partial charge in [0, 0.05) is 49.0 Å². The van der Waals surface area contributed by atoms with Crippen LogP contribution in [0.25, 0.3) is 0 Å². The average Bonchev–Trinajstić information content (AvgIpc) is 3.19. The van der Waals surface area contributed by atoms with Gasteiger partial charge in [-0.05, 0) is 48.7 Å². The number of piperazine rings is 1. The Hall–Kier alpha value is -2.09. The van der Waals surface area contributed by atoms with E-state index in [1.807, 2.05) is 24.1 Å². The van der Waals surface area contributed by atoms with Crippen LogP contribution in [0.1, 0.15) is 17.0 Å². The molecule has 1 aliphatic rings. The van der Waals surface area contributed by atoms with E-state index < -0.39 is 0 Å². The van der Waals surface area contributed by atoms with Crippen LogP contribution in [0.3, 0.4) is 0 Å². The molecule has 0 spiro atoms. The van der Waals surface area contributed by atoms with Gasteiger partial charge in [-0.1, -0.05) is 29.8 Å². The number of aromatic nitrogens is 2. The highest BCUT2D eigenvalue weighted by Gasteiger charge is 2.21. The third-order valence-corrected chi connectivity index (χ3v) is 6.66. The van der Waals surface area contributed by atoms with Gasteiger partial charge in [0.1, 0.15) is 11.6 Å². The molecule has 1 aliphatic heterocycles. The molecular formula is C21H24N4OS2. The van der Waals surface area contributed by atoms with Crippen molar-refractivity contribution in [2.45, 2.75) is 18.2 Å². The maximum atomic E-state index is 5.23.